The Kier molecular flexibility index (Phi) is 8.39. The van der Waals surface area contributed by atoms with Crippen LogP contribution in [0, 0.1) is 5.92 Å². The lowest BCUT2D eigenvalue weighted by molar-refractivity contribution is 0.108. The summed E-state index contributed by atoms with van der Waals surface area (Å²) in [6.45, 7) is 8.82. The molecule has 0 aliphatic carbocycles. The Balaban J connectivity index is 1.71. The van der Waals surface area contributed by atoms with Gasteiger partial charge in [-0.25, -0.2) is 0 Å². The number of aliphatic imine (C=N–C) groups is 1. The molecule has 0 atom stereocenters. The van der Waals surface area contributed by atoms with Crippen molar-refractivity contribution in [2.24, 2.45) is 10.9 Å². The third-order valence-corrected chi connectivity index (χ3v) is 3.70. The molecular weight excluding hydrogens is 318 g/mol. The molecule has 0 saturated heterocycles. The van der Waals surface area contributed by atoms with Crippen molar-refractivity contribution in [1.29, 1.82) is 0 Å². The minimum atomic E-state index is 0.581. The quantitative estimate of drug-likeness (QED) is 0.429. The average molecular weight is 349 g/mol. The molecule has 2 rings (SSSR count). The third kappa shape index (κ3) is 7.22. The topological polar surface area (TPSA) is 64.1 Å². The summed E-state index contributed by atoms with van der Waals surface area (Å²) in [6.07, 6.45) is 1.87. The zero-order valence-corrected chi connectivity index (χ0v) is 15.6. The fraction of sp³-hybridized carbons (Fsp3) is 0.632. The summed E-state index contributed by atoms with van der Waals surface area (Å²) in [5.41, 5.74) is 1.13. The summed E-state index contributed by atoms with van der Waals surface area (Å²) in [5, 5.41) is 6.62. The smallest absolute Gasteiger partial charge is 0.191 e. The first-order valence-electron chi connectivity index (χ1n) is 9.10. The van der Waals surface area contributed by atoms with E-state index in [1.54, 1.807) is 7.05 Å². The highest BCUT2D eigenvalue weighted by atomic mass is 16.5. The van der Waals surface area contributed by atoms with Gasteiger partial charge in [0.05, 0.1) is 13.2 Å². The van der Waals surface area contributed by atoms with Crippen LogP contribution in [-0.4, -0.2) is 46.0 Å². The van der Waals surface area contributed by atoms with Crippen molar-refractivity contribution in [2.45, 2.75) is 33.2 Å². The number of hydrogen-bond acceptors (Lipinski definition) is 4. The first-order valence-corrected chi connectivity index (χ1v) is 9.10. The maximum Gasteiger partial charge on any atom is 0.191 e. The van der Waals surface area contributed by atoms with Crippen LogP contribution in [0.1, 0.15) is 32.3 Å². The third-order valence-electron chi connectivity index (χ3n) is 3.70. The summed E-state index contributed by atoms with van der Waals surface area (Å²) in [6, 6.07) is 6.05. The van der Waals surface area contributed by atoms with Crippen molar-refractivity contribution in [3.8, 4) is 11.5 Å². The van der Waals surface area contributed by atoms with E-state index >= 15 is 0 Å². The Bertz CT molecular complexity index is 547. The molecule has 0 saturated carbocycles. The lowest BCUT2D eigenvalue weighted by Crippen LogP contribution is -2.37. The zero-order chi connectivity index (χ0) is 17.9. The van der Waals surface area contributed by atoms with Crippen molar-refractivity contribution in [2.75, 3.05) is 40.0 Å². The number of guanidine groups is 1. The summed E-state index contributed by atoms with van der Waals surface area (Å²) in [4.78, 5) is 4.25. The van der Waals surface area contributed by atoms with Gasteiger partial charge in [0.15, 0.2) is 17.5 Å². The molecular formula is C19H31N3O3. The summed E-state index contributed by atoms with van der Waals surface area (Å²) >= 11 is 0. The van der Waals surface area contributed by atoms with Gasteiger partial charge in [0.1, 0.15) is 0 Å². The maximum atomic E-state index is 5.73. The van der Waals surface area contributed by atoms with E-state index < -0.39 is 0 Å². The summed E-state index contributed by atoms with van der Waals surface area (Å²) < 4.78 is 17.0. The molecule has 0 spiro atoms. The van der Waals surface area contributed by atoms with Gasteiger partial charge >= 0.3 is 0 Å². The van der Waals surface area contributed by atoms with Gasteiger partial charge in [-0.1, -0.05) is 19.9 Å². The molecule has 0 bridgehead atoms. The Morgan fingerprint density at radius 3 is 2.76 bits per heavy atom. The van der Waals surface area contributed by atoms with Gasteiger partial charge in [-0.2, -0.15) is 0 Å². The van der Waals surface area contributed by atoms with E-state index in [4.69, 9.17) is 14.2 Å². The molecule has 0 aromatic heterocycles. The molecule has 1 aliphatic rings. The monoisotopic (exact) mass is 349 g/mol. The van der Waals surface area contributed by atoms with Crippen LogP contribution >= 0.6 is 0 Å². The number of hydrogen-bond donors (Lipinski definition) is 2. The number of fused-ring (bicyclic) bond motifs is 1. The molecule has 0 fully saturated rings. The molecule has 0 unspecified atom stereocenters. The Labute approximate surface area is 151 Å². The number of nitrogens with zero attached hydrogens (tertiary/aromatic N) is 1. The van der Waals surface area contributed by atoms with Crippen LogP contribution in [-0.2, 0) is 11.3 Å². The SMILES string of the molecule is CN=C(NCCCOCC(C)C)NCc1ccc2c(c1)OCCCO2. The second kappa shape index (κ2) is 10.8. The second-order valence-corrected chi connectivity index (χ2v) is 6.51. The Morgan fingerprint density at radius 2 is 2.00 bits per heavy atom. The number of nitrogens with one attached hydrogen (secondary N) is 2. The second-order valence-electron chi connectivity index (χ2n) is 6.51. The van der Waals surface area contributed by atoms with Crippen molar-refractivity contribution in [3.05, 3.63) is 23.8 Å². The highest BCUT2D eigenvalue weighted by Crippen LogP contribution is 2.30. The largest absolute Gasteiger partial charge is 0.490 e. The predicted octanol–water partition coefficient (Wildman–Crippen LogP) is 2.58. The highest BCUT2D eigenvalue weighted by Gasteiger charge is 2.10. The molecule has 1 heterocycles. The number of ether oxygens (including phenoxy) is 3. The van der Waals surface area contributed by atoms with Crippen LogP contribution in [0.25, 0.3) is 0 Å². The van der Waals surface area contributed by atoms with E-state index in [-0.39, 0.29) is 0 Å². The van der Waals surface area contributed by atoms with Crippen LogP contribution in [0.2, 0.25) is 0 Å². The van der Waals surface area contributed by atoms with Gasteiger partial charge in [-0.3, -0.25) is 4.99 Å². The number of rotatable bonds is 8. The molecule has 140 valence electrons. The van der Waals surface area contributed by atoms with Gasteiger partial charge in [0.2, 0.25) is 0 Å². The van der Waals surface area contributed by atoms with Crippen molar-refractivity contribution < 1.29 is 14.2 Å². The first-order chi connectivity index (χ1) is 12.2. The highest BCUT2D eigenvalue weighted by molar-refractivity contribution is 5.79. The van der Waals surface area contributed by atoms with E-state index in [0.29, 0.717) is 25.7 Å². The predicted molar refractivity (Wildman–Crippen MR) is 101 cm³/mol. The van der Waals surface area contributed by atoms with Crippen molar-refractivity contribution in [3.63, 3.8) is 0 Å². The van der Waals surface area contributed by atoms with Gasteiger partial charge in [-0.15, -0.1) is 0 Å². The molecule has 6 heteroatoms. The average Bonchev–Trinajstić information content (AvgIpc) is 2.85. The molecule has 0 radical (unpaired) electrons. The van der Waals surface area contributed by atoms with Gasteiger partial charge in [-0.05, 0) is 30.0 Å². The molecule has 1 aliphatic heterocycles. The van der Waals surface area contributed by atoms with Crippen LogP contribution in [0.15, 0.2) is 23.2 Å². The Hall–Kier alpha value is -1.95. The van der Waals surface area contributed by atoms with Crippen molar-refractivity contribution in [1.82, 2.24) is 10.6 Å². The van der Waals surface area contributed by atoms with E-state index in [1.165, 1.54) is 0 Å². The van der Waals surface area contributed by atoms with Crippen LogP contribution in [0.5, 0.6) is 11.5 Å². The lowest BCUT2D eigenvalue weighted by atomic mass is 10.2. The number of benzene rings is 1. The summed E-state index contributed by atoms with van der Waals surface area (Å²) in [5.74, 6) is 3.01. The van der Waals surface area contributed by atoms with E-state index in [9.17, 15) is 0 Å². The van der Waals surface area contributed by atoms with Crippen LogP contribution in [0.3, 0.4) is 0 Å². The Morgan fingerprint density at radius 1 is 1.20 bits per heavy atom. The lowest BCUT2D eigenvalue weighted by Gasteiger charge is -2.13. The maximum absolute atomic E-state index is 5.73. The molecule has 1 aromatic carbocycles. The fourth-order valence-corrected chi connectivity index (χ4v) is 2.42. The van der Waals surface area contributed by atoms with E-state index in [1.807, 2.05) is 18.2 Å². The zero-order valence-electron chi connectivity index (χ0n) is 15.6. The summed E-state index contributed by atoms with van der Waals surface area (Å²) in [7, 11) is 1.78. The van der Waals surface area contributed by atoms with Gasteiger partial charge in [0, 0.05) is 39.8 Å². The molecule has 1 aromatic rings. The normalized spacial score (nSPS) is 14.3. The standard InChI is InChI=1S/C19H31N3O3/c1-15(2)14-23-9-4-8-21-19(20-3)22-13-16-6-7-17-18(12-16)25-11-5-10-24-17/h6-7,12,15H,4-5,8-11,13-14H2,1-3H3,(H2,20,21,22). The molecule has 6 nitrogen and oxygen atoms in total. The van der Waals surface area contributed by atoms with Crippen LogP contribution < -0.4 is 20.1 Å². The minimum absolute atomic E-state index is 0.581. The van der Waals surface area contributed by atoms with Gasteiger partial charge in [0.25, 0.3) is 0 Å². The molecule has 2 N–H and O–H groups in total. The van der Waals surface area contributed by atoms with Crippen molar-refractivity contribution >= 4 is 5.96 Å². The first kappa shape index (κ1) is 19.4. The molecule has 0 amide bonds. The fourth-order valence-electron chi connectivity index (χ4n) is 2.42. The van der Waals surface area contributed by atoms with E-state index in [2.05, 4.69) is 29.5 Å². The minimum Gasteiger partial charge on any atom is -0.490 e. The molecule has 25 heavy (non-hydrogen) atoms. The van der Waals surface area contributed by atoms with Crippen LogP contribution in [0.4, 0.5) is 0 Å². The van der Waals surface area contributed by atoms with Gasteiger partial charge < -0.3 is 24.8 Å². The van der Waals surface area contributed by atoms with E-state index in [0.717, 1.165) is 55.6 Å².